The van der Waals surface area contributed by atoms with E-state index in [4.69, 9.17) is 9.15 Å². The summed E-state index contributed by atoms with van der Waals surface area (Å²) in [4.78, 5) is 26.7. The lowest BCUT2D eigenvalue weighted by molar-refractivity contribution is -0.384. The van der Waals surface area contributed by atoms with Crippen molar-refractivity contribution in [3.63, 3.8) is 0 Å². The fourth-order valence-electron chi connectivity index (χ4n) is 2.76. The maximum absolute atomic E-state index is 12.3. The van der Waals surface area contributed by atoms with E-state index in [1.165, 1.54) is 12.1 Å². The van der Waals surface area contributed by atoms with Gasteiger partial charge in [-0.2, -0.15) is 0 Å². The van der Waals surface area contributed by atoms with Crippen LogP contribution in [0.5, 0.6) is 5.75 Å². The molecule has 4 rings (SSSR count). The number of rotatable bonds is 5. The topological polar surface area (TPSA) is 95.5 Å². The van der Waals surface area contributed by atoms with Crippen molar-refractivity contribution >= 4 is 16.7 Å². The Hall–Kier alpha value is -4.00. The fraction of sp³-hybridized carbons (Fsp3) is 0.0476. The van der Waals surface area contributed by atoms with Gasteiger partial charge in [-0.25, -0.2) is 4.79 Å². The van der Waals surface area contributed by atoms with E-state index in [0.717, 1.165) is 10.9 Å². The molecule has 0 radical (unpaired) electrons. The highest BCUT2D eigenvalue weighted by Gasteiger charge is 2.10. The van der Waals surface area contributed by atoms with Crippen LogP contribution in [-0.2, 0) is 6.61 Å². The molecule has 2 heterocycles. The molecule has 2 aromatic heterocycles. The summed E-state index contributed by atoms with van der Waals surface area (Å²) in [6.07, 6.45) is 1.62. The normalized spacial score (nSPS) is 10.7. The number of hydrogen-bond donors (Lipinski definition) is 0. The quantitative estimate of drug-likeness (QED) is 0.293. The summed E-state index contributed by atoms with van der Waals surface area (Å²) in [6.45, 7) is 0.236. The Kier molecular flexibility index (Phi) is 4.55. The summed E-state index contributed by atoms with van der Waals surface area (Å²) in [5, 5.41) is 11.4. The second-order valence-electron chi connectivity index (χ2n) is 6.07. The van der Waals surface area contributed by atoms with Crippen LogP contribution in [0.3, 0.4) is 0 Å². The zero-order valence-electron chi connectivity index (χ0n) is 14.6. The summed E-state index contributed by atoms with van der Waals surface area (Å²) in [5.74, 6) is 0.527. The Morgan fingerprint density at radius 1 is 1.04 bits per heavy atom. The first kappa shape index (κ1) is 17.4. The van der Waals surface area contributed by atoms with E-state index in [1.807, 2.05) is 0 Å². The van der Waals surface area contributed by atoms with Crippen molar-refractivity contribution in [3.05, 3.63) is 99.0 Å². The third kappa shape index (κ3) is 3.59. The molecule has 0 aliphatic rings. The van der Waals surface area contributed by atoms with E-state index in [0.29, 0.717) is 22.6 Å². The third-order valence-corrected chi connectivity index (χ3v) is 4.20. The SMILES string of the molecule is O=c1oc2cc(OCc3ccc([N+](=O)[O-])cc3)ccc2cc1-c1ccccn1. The number of ether oxygens (including phenoxy) is 1. The molecule has 0 amide bonds. The molecular formula is C21H14N2O5. The Morgan fingerprint density at radius 3 is 2.57 bits per heavy atom. The van der Waals surface area contributed by atoms with Crippen molar-refractivity contribution in [2.45, 2.75) is 6.61 Å². The summed E-state index contributed by atoms with van der Waals surface area (Å²) >= 11 is 0. The van der Waals surface area contributed by atoms with Gasteiger partial charge >= 0.3 is 5.63 Å². The van der Waals surface area contributed by atoms with Crippen LogP contribution in [-0.4, -0.2) is 9.91 Å². The molecule has 2 aromatic carbocycles. The van der Waals surface area contributed by atoms with Gasteiger partial charge in [-0.1, -0.05) is 6.07 Å². The predicted molar refractivity (Wildman–Crippen MR) is 103 cm³/mol. The van der Waals surface area contributed by atoms with Crippen molar-refractivity contribution in [1.82, 2.24) is 4.98 Å². The van der Waals surface area contributed by atoms with E-state index < -0.39 is 10.5 Å². The van der Waals surface area contributed by atoms with Gasteiger partial charge in [0.15, 0.2) is 0 Å². The van der Waals surface area contributed by atoms with Gasteiger partial charge in [-0.15, -0.1) is 0 Å². The molecule has 138 valence electrons. The summed E-state index contributed by atoms with van der Waals surface area (Å²) < 4.78 is 11.1. The first-order valence-electron chi connectivity index (χ1n) is 8.45. The number of non-ortho nitro benzene ring substituents is 1. The Morgan fingerprint density at radius 2 is 1.86 bits per heavy atom. The molecule has 4 aromatic rings. The van der Waals surface area contributed by atoms with Crippen LogP contribution in [0.4, 0.5) is 5.69 Å². The van der Waals surface area contributed by atoms with Crippen molar-refractivity contribution in [1.29, 1.82) is 0 Å². The van der Waals surface area contributed by atoms with Gasteiger partial charge in [0.25, 0.3) is 5.69 Å². The van der Waals surface area contributed by atoms with E-state index in [9.17, 15) is 14.9 Å². The minimum atomic E-state index is -0.473. The molecule has 28 heavy (non-hydrogen) atoms. The molecular weight excluding hydrogens is 360 g/mol. The van der Waals surface area contributed by atoms with Gasteiger partial charge in [-0.3, -0.25) is 15.1 Å². The zero-order chi connectivity index (χ0) is 19.5. The average Bonchev–Trinajstić information content (AvgIpc) is 2.72. The van der Waals surface area contributed by atoms with Gasteiger partial charge in [0.1, 0.15) is 17.9 Å². The minimum Gasteiger partial charge on any atom is -0.489 e. The summed E-state index contributed by atoms with van der Waals surface area (Å²) in [7, 11) is 0. The molecule has 0 bridgehead atoms. The van der Waals surface area contributed by atoms with E-state index in [-0.39, 0.29) is 12.3 Å². The third-order valence-electron chi connectivity index (χ3n) is 4.20. The maximum Gasteiger partial charge on any atom is 0.345 e. The van der Waals surface area contributed by atoms with Crippen molar-refractivity contribution in [2.24, 2.45) is 0 Å². The molecule has 7 heteroatoms. The lowest BCUT2D eigenvalue weighted by Gasteiger charge is -2.07. The molecule has 0 fully saturated rings. The molecule has 7 nitrogen and oxygen atoms in total. The smallest absolute Gasteiger partial charge is 0.345 e. The monoisotopic (exact) mass is 374 g/mol. The van der Waals surface area contributed by atoms with Crippen LogP contribution in [0.2, 0.25) is 0 Å². The van der Waals surface area contributed by atoms with Crippen LogP contribution < -0.4 is 10.4 Å². The number of aromatic nitrogens is 1. The predicted octanol–water partition coefficient (Wildman–Crippen LogP) is 4.34. The molecule has 0 spiro atoms. The summed E-state index contributed by atoms with van der Waals surface area (Å²) in [6, 6.07) is 18.4. The highest BCUT2D eigenvalue weighted by molar-refractivity contribution is 5.82. The van der Waals surface area contributed by atoms with Crippen LogP contribution in [0.1, 0.15) is 5.56 Å². The van der Waals surface area contributed by atoms with Crippen LogP contribution in [0, 0.1) is 10.1 Å². The first-order chi connectivity index (χ1) is 13.6. The lowest BCUT2D eigenvalue weighted by Crippen LogP contribution is -2.04. The molecule has 0 saturated heterocycles. The van der Waals surface area contributed by atoms with Gasteiger partial charge in [-0.05, 0) is 48.0 Å². The van der Waals surface area contributed by atoms with Crippen LogP contribution >= 0.6 is 0 Å². The largest absolute Gasteiger partial charge is 0.489 e. The second kappa shape index (κ2) is 7.32. The standard InChI is InChI=1S/C21H14N2O5/c24-21-18(19-3-1-2-10-22-19)11-15-6-9-17(12-20(15)28-21)27-13-14-4-7-16(8-5-14)23(25)26/h1-12H,13H2. The first-order valence-corrected chi connectivity index (χ1v) is 8.45. The molecule has 0 unspecified atom stereocenters. The van der Waals surface area contributed by atoms with Gasteiger partial charge in [0.05, 0.1) is 16.2 Å². The lowest BCUT2D eigenvalue weighted by atomic mass is 10.1. The van der Waals surface area contributed by atoms with Crippen molar-refractivity contribution in [3.8, 4) is 17.0 Å². The van der Waals surface area contributed by atoms with Gasteiger partial charge in [0, 0.05) is 29.8 Å². The number of nitrogens with zero attached hydrogens (tertiary/aromatic N) is 2. The molecule has 0 N–H and O–H groups in total. The minimum absolute atomic E-state index is 0.0277. The number of pyridine rings is 1. The molecule has 0 aliphatic heterocycles. The number of nitro groups is 1. The number of nitro benzene ring substituents is 1. The van der Waals surface area contributed by atoms with Gasteiger partial charge in [0.2, 0.25) is 0 Å². The highest BCUT2D eigenvalue weighted by atomic mass is 16.6. The van der Waals surface area contributed by atoms with Crippen molar-refractivity contribution < 1.29 is 14.1 Å². The number of benzene rings is 2. The average molecular weight is 374 g/mol. The molecule has 0 aliphatic carbocycles. The Balaban J connectivity index is 1.56. The zero-order valence-corrected chi connectivity index (χ0v) is 14.6. The van der Waals surface area contributed by atoms with Crippen LogP contribution in [0.25, 0.3) is 22.2 Å². The van der Waals surface area contributed by atoms with E-state index in [2.05, 4.69) is 4.98 Å². The van der Waals surface area contributed by atoms with E-state index >= 15 is 0 Å². The van der Waals surface area contributed by atoms with Gasteiger partial charge < -0.3 is 9.15 Å². The number of hydrogen-bond acceptors (Lipinski definition) is 6. The maximum atomic E-state index is 12.3. The van der Waals surface area contributed by atoms with Crippen LogP contribution in [0.15, 0.2) is 82.1 Å². The fourth-order valence-corrected chi connectivity index (χ4v) is 2.76. The highest BCUT2D eigenvalue weighted by Crippen LogP contribution is 2.24. The summed E-state index contributed by atoms with van der Waals surface area (Å²) in [5.41, 5.74) is 1.70. The Bertz CT molecular complexity index is 1200. The number of fused-ring (bicyclic) bond motifs is 1. The Labute approximate surface area is 159 Å². The van der Waals surface area contributed by atoms with E-state index in [1.54, 1.807) is 60.8 Å². The molecule has 0 atom stereocenters. The second-order valence-corrected chi connectivity index (χ2v) is 6.07. The van der Waals surface area contributed by atoms with Crippen molar-refractivity contribution in [2.75, 3.05) is 0 Å². The molecule has 0 saturated carbocycles.